The van der Waals surface area contributed by atoms with Gasteiger partial charge < -0.3 is 30.5 Å². The molecular formula is C40H45N5O4. The second-order valence-corrected chi connectivity index (χ2v) is 12.5. The fourth-order valence-corrected chi connectivity index (χ4v) is 5.62. The molecule has 1 aliphatic rings. The summed E-state index contributed by atoms with van der Waals surface area (Å²) < 4.78 is 5.03. The number of carbonyl (C=O) groups is 2. The van der Waals surface area contributed by atoms with Crippen molar-refractivity contribution in [3.05, 3.63) is 103 Å². The number of ether oxygens (including phenoxy) is 1. The predicted molar refractivity (Wildman–Crippen MR) is 196 cm³/mol. The Labute approximate surface area is 288 Å². The number of nitrogens with zero attached hydrogens (tertiary/aromatic N) is 2. The molecule has 3 aromatic carbocycles. The van der Waals surface area contributed by atoms with Gasteiger partial charge in [-0.2, -0.15) is 0 Å². The third-order valence-corrected chi connectivity index (χ3v) is 8.44. The summed E-state index contributed by atoms with van der Waals surface area (Å²) in [5, 5.41) is 21.6. The van der Waals surface area contributed by atoms with Gasteiger partial charge >= 0.3 is 5.97 Å². The fourth-order valence-electron chi connectivity index (χ4n) is 5.62. The number of rotatable bonds is 15. The van der Waals surface area contributed by atoms with E-state index in [1.807, 2.05) is 54.6 Å². The van der Waals surface area contributed by atoms with Crippen molar-refractivity contribution in [1.29, 1.82) is 5.41 Å². The van der Waals surface area contributed by atoms with Crippen LogP contribution in [0.25, 0.3) is 40.0 Å². The van der Waals surface area contributed by atoms with E-state index in [0.29, 0.717) is 12.1 Å². The minimum absolute atomic E-state index is 0.110. The Morgan fingerprint density at radius 1 is 1.00 bits per heavy atom. The number of aromatic amines is 1. The number of allylic oxidation sites excluding steroid dienone is 1. The maximum absolute atomic E-state index is 12.2. The lowest BCUT2D eigenvalue weighted by Gasteiger charge is -2.17. The van der Waals surface area contributed by atoms with Gasteiger partial charge in [-0.05, 0) is 67.2 Å². The summed E-state index contributed by atoms with van der Waals surface area (Å²) in [6.07, 6.45) is 7.84. The van der Waals surface area contributed by atoms with Gasteiger partial charge in [0.1, 0.15) is 5.82 Å². The lowest BCUT2D eigenvalue weighted by Crippen LogP contribution is -2.23. The molecule has 0 radical (unpaired) electrons. The molecule has 1 fully saturated rings. The molecule has 49 heavy (non-hydrogen) atoms. The molecule has 2 heterocycles. The van der Waals surface area contributed by atoms with Gasteiger partial charge in [-0.25, -0.2) is 4.98 Å². The second-order valence-electron chi connectivity index (χ2n) is 12.5. The van der Waals surface area contributed by atoms with E-state index >= 15 is 0 Å². The molecule has 4 N–H and O–H groups in total. The van der Waals surface area contributed by atoms with Crippen molar-refractivity contribution in [2.75, 3.05) is 24.5 Å². The first kappa shape index (κ1) is 35.0. The van der Waals surface area contributed by atoms with Crippen molar-refractivity contribution in [2.45, 2.75) is 52.2 Å². The average molecular weight is 660 g/mol. The molecule has 9 heteroatoms. The average Bonchev–Trinajstić information content (AvgIpc) is 3.81. The highest BCUT2D eigenvalue weighted by Crippen LogP contribution is 2.34. The molecule has 1 aromatic heterocycles. The molecule has 1 saturated heterocycles. The zero-order valence-corrected chi connectivity index (χ0v) is 28.2. The van der Waals surface area contributed by atoms with Crippen molar-refractivity contribution < 1.29 is 19.4 Å². The van der Waals surface area contributed by atoms with Crippen LogP contribution in [-0.4, -0.2) is 58.6 Å². The van der Waals surface area contributed by atoms with E-state index in [0.717, 1.165) is 65.4 Å². The summed E-state index contributed by atoms with van der Waals surface area (Å²) >= 11 is 0. The predicted octanol–water partition coefficient (Wildman–Crippen LogP) is 7.38. The number of aromatic nitrogens is 2. The van der Waals surface area contributed by atoms with Crippen molar-refractivity contribution in [1.82, 2.24) is 15.3 Å². The van der Waals surface area contributed by atoms with Crippen LogP contribution in [0.4, 0.5) is 5.69 Å². The van der Waals surface area contributed by atoms with Gasteiger partial charge in [0, 0.05) is 53.8 Å². The van der Waals surface area contributed by atoms with E-state index in [1.165, 1.54) is 18.5 Å². The van der Waals surface area contributed by atoms with Crippen molar-refractivity contribution in [2.24, 2.45) is 5.92 Å². The maximum Gasteiger partial charge on any atom is 0.310 e. The number of carbonyl (C=O) groups excluding carboxylic acids is 2. The number of unbranched alkanes of at least 4 members (excludes halogenated alkanes) is 1. The van der Waals surface area contributed by atoms with Crippen LogP contribution in [0.2, 0.25) is 0 Å². The smallest absolute Gasteiger partial charge is 0.310 e. The molecule has 0 spiro atoms. The standard InChI is InChI=1S/C40H45N5O4/c1-4-5-6-23-42-35(46)22-11-28-9-12-30(13-10-28)37-38(44-39(43-37)32-18-20-33(21-19-32)45-24-7-8-25-45)31-16-14-29(15-17-31)34(41)26-36(47)49-40(48)27(2)3/h4,9-22,27,36,41,47H,1,5-8,23-26H2,2-3H3,(H,42,46)(H,43,44)/b22-11+,41-34?. The van der Waals surface area contributed by atoms with Crippen molar-refractivity contribution in [3.8, 4) is 33.9 Å². The number of anilines is 1. The van der Waals surface area contributed by atoms with Gasteiger partial charge in [-0.1, -0.05) is 68.5 Å². The lowest BCUT2D eigenvalue weighted by atomic mass is 10.0. The third kappa shape index (κ3) is 9.42. The number of aliphatic hydroxyl groups is 1. The van der Waals surface area contributed by atoms with Gasteiger partial charge in [0.2, 0.25) is 12.2 Å². The van der Waals surface area contributed by atoms with Gasteiger partial charge in [0.25, 0.3) is 0 Å². The summed E-state index contributed by atoms with van der Waals surface area (Å²) in [7, 11) is 0. The van der Waals surface area contributed by atoms with Crippen molar-refractivity contribution >= 4 is 29.4 Å². The van der Waals surface area contributed by atoms with Crippen LogP contribution in [-0.2, 0) is 14.3 Å². The maximum atomic E-state index is 12.2. The Kier molecular flexibility index (Phi) is 11.9. The molecule has 9 nitrogen and oxygen atoms in total. The number of hydrogen-bond donors (Lipinski definition) is 4. The topological polar surface area (TPSA) is 131 Å². The highest BCUT2D eigenvalue weighted by molar-refractivity contribution is 5.99. The van der Waals surface area contributed by atoms with Crippen LogP contribution in [0.15, 0.2) is 91.5 Å². The molecule has 1 aliphatic heterocycles. The Morgan fingerprint density at radius 3 is 2.31 bits per heavy atom. The monoisotopic (exact) mass is 659 g/mol. The zero-order chi connectivity index (χ0) is 34.8. The highest BCUT2D eigenvalue weighted by Gasteiger charge is 2.19. The number of esters is 1. The minimum atomic E-state index is -1.38. The Hall–Kier alpha value is -5.28. The molecular weight excluding hydrogens is 614 g/mol. The number of imidazole rings is 1. The fraction of sp³-hybridized carbons (Fsp3) is 0.300. The first-order valence-corrected chi connectivity index (χ1v) is 16.9. The number of benzene rings is 3. The van der Waals surface area contributed by atoms with Crippen LogP contribution < -0.4 is 10.2 Å². The Balaban J connectivity index is 1.38. The quantitative estimate of drug-likeness (QED) is 0.0263. The summed E-state index contributed by atoms with van der Waals surface area (Å²) in [5.41, 5.74) is 7.23. The van der Waals surface area contributed by atoms with E-state index in [4.69, 9.17) is 15.1 Å². The zero-order valence-electron chi connectivity index (χ0n) is 28.2. The van der Waals surface area contributed by atoms with Crippen LogP contribution in [0.3, 0.4) is 0 Å². The number of amides is 1. The summed E-state index contributed by atoms with van der Waals surface area (Å²) in [4.78, 5) is 35.1. The molecule has 4 aromatic rings. The normalized spacial score (nSPS) is 13.5. The minimum Gasteiger partial charge on any atom is -0.435 e. The van der Waals surface area contributed by atoms with Crippen LogP contribution in [0, 0.1) is 11.3 Å². The molecule has 0 bridgehead atoms. The largest absolute Gasteiger partial charge is 0.435 e. The number of H-pyrrole nitrogens is 1. The summed E-state index contributed by atoms with van der Waals surface area (Å²) in [5.74, 6) is -0.266. The highest BCUT2D eigenvalue weighted by atomic mass is 16.6. The van der Waals surface area contributed by atoms with E-state index in [2.05, 4.69) is 46.0 Å². The molecule has 1 atom stereocenters. The van der Waals surface area contributed by atoms with Crippen molar-refractivity contribution in [3.63, 3.8) is 0 Å². The van der Waals surface area contributed by atoms with Gasteiger partial charge in [0.15, 0.2) is 0 Å². The SMILES string of the molecule is C=CCCCNC(=O)/C=C/c1ccc(-c2[nH]c(-c3ccc(N4CCCC4)cc3)nc2-c2ccc(C(=N)CC(O)OC(=O)C(C)C)cc2)cc1. The second kappa shape index (κ2) is 16.7. The molecule has 1 unspecified atom stereocenters. The van der Waals surface area contributed by atoms with Crippen LogP contribution in [0.1, 0.15) is 57.1 Å². The molecule has 0 aliphatic carbocycles. The van der Waals surface area contributed by atoms with Gasteiger partial charge in [-0.3, -0.25) is 9.59 Å². The van der Waals surface area contributed by atoms with E-state index in [9.17, 15) is 14.7 Å². The van der Waals surface area contributed by atoms with E-state index in [-0.39, 0.29) is 24.0 Å². The molecule has 0 saturated carbocycles. The van der Waals surface area contributed by atoms with Crippen LogP contribution >= 0.6 is 0 Å². The molecule has 1 amide bonds. The first-order chi connectivity index (χ1) is 23.7. The number of nitrogens with one attached hydrogen (secondary N) is 3. The lowest BCUT2D eigenvalue weighted by molar-refractivity contribution is -0.170. The van der Waals surface area contributed by atoms with E-state index < -0.39 is 12.3 Å². The molecule has 5 rings (SSSR count). The van der Waals surface area contributed by atoms with E-state index in [1.54, 1.807) is 26.0 Å². The third-order valence-electron chi connectivity index (χ3n) is 8.44. The van der Waals surface area contributed by atoms with Crippen LogP contribution in [0.5, 0.6) is 0 Å². The summed E-state index contributed by atoms with van der Waals surface area (Å²) in [6, 6.07) is 23.9. The Morgan fingerprint density at radius 2 is 1.65 bits per heavy atom. The summed E-state index contributed by atoms with van der Waals surface area (Å²) in [6.45, 7) is 9.86. The van der Waals surface area contributed by atoms with Gasteiger partial charge in [-0.15, -0.1) is 6.58 Å². The Bertz CT molecular complexity index is 1770. The van der Waals surface area contributed by atoms with Gasteiger partial charge in [0.05, 0.1) is 23.7 Å². The number of hydrogen-bond acceptors (Lipinski definition) is 7. The first-order valence-electron chi connectivity index (χ1n) is 16.9. The molecule has 254 valence electrons. The number of aliphatic hydroxyl groups excluding tert-OH is 1.